The first-order valence-corrected chi connectivity index (χ1v) is 7.27. The van der Waals surface area contributed by atoms with E-state index in [0.717, 1.165) is 17.6 Å². The molecule has 0 aliphatic carbocycles. The number of amides is 1. The normalized spacial score (nSPS) is 21.4. The molecule has 1 atom stereocenters. The molecule has 1 aliphatic rings. The smallest absolute Gasteiger partial charge is 0.252 e. The van der Waals surface area contributed by atoms with Crippen molar-refractivity contribution in [3.63, 3.8) is 0 Å². The van der Waals surface area contributed by atoms with Gasteiger partial charge in [0.1, 0.15) is 18.5 Å². The Hall–Kier alpha value is -1.11. The first-order chi connectivity index (χ1) is 9.37. The number of rotatable bonds is 4. The van der Waals surface area contributed by atoms with Gasteiger partial charge in [-0.25, -0.2) is 0 Å². The van der Waals surface area contributed by atoms with Crippen molar-refractivity contribution in [3.05, 3.63) is 28.2 Å². The average molecular weight is 343 g/mol. The molecule has 0 spiro atoms. The molecule has 1 aromatic rings. The lowest BCUT2D eigenvalue weighted by molar-refractivity contribution is -0.107. The number of carbonyl (C=O) groups is 1. The van der Waals surface area contributed by atoms with E-state index in [1.54, 1.807) is 12.1 Å². The van der Waals surface area contributed by atoms with Crippen molar-refractivity contribution >= 4 is 21.8 Å². The second-order valence-corrected chi connectivity index (χ2v) is 6.36. The Kier molecular flexibility index (Phi) is 4.67. The molecule has 0 bridgehead atoms. The molecule has 1 fully saturated rings. The average Bonchev–Trinajstić information content (AvgIpc) is 2.36. The maximum atomic E-state index is 11.4. The summed E-state index contributed by atoms with van der Waals surface area (Å²) in [6.07, 6.45) is -0.0527. The summed E-state index contributed by atoms with van der Waals surface area (Å²) in [6, 6.07) is 5.19. The van der Waals surface area contributed by atoms with Crippen LogP contribution in [0.25, 0.3) is 0 Å². The van der Waals surface area contributed by atoms with Gasteiger partial charge in [0.15, 0.2) is 0 Å². The van der Waals surface area contributed by atoms with Crippen molar-refractivity contribution in [1.29, 1.82) is 0 Å². The number of nitrogens with two attached hydrogens (primary N) is 1. The predicted octanol–water partition coefficient (Wildman–Crippen LogP) is 1.69. The summed E-state index contributed by atoms with van der Waals surface area (Å²) in [5, 5.41) is 3.30. The summed E-state index contributed by atoms with van der Waals surface area (Å²) in [7, 11) is 0. The minimum absolute atomic E-state index is 0.0527. The highest BCUT2D eigenvalue weighted by Crippen LogP contribution is 2.24. The number of morpholine rings is 1. The van der Waals surface area contributed by atoms with Crippen molar-refractivity contribution in [2.45, 2.75) is 25.6 Å². The van der Waals surface area contributed by atoms with Crippen LogP contribution < -0.4 is 15.8 Å². The minimum Gasteiger partial charge on any atom is -0.490 e. The van der Waals surface area contributed by atoms with Crippen molar-refractivity contribution in [3.8, 4) is 5.75 Å². The molecule has 20 heavy (non-hydrogen) atoms. The zero-order chi connectivity index (χ0) is 14.8. The quantitative estimate of drug-likeness (QED) is 0.873. The Labute approximate surface area is 126 Å². The Balaban J connectivity index is 2.02. The monoisotopic (exact) mass is 342 g/mol. The maximum absolute atomic E-state index is 11.4. The van der Waals surface area contributed by atoms with E-state index in [2.05, 4.69) is 21.2 Å². The molecule has 1 amide bonds. The maximum Gasteiger partial charge on any atom is 0.252 e. The highest BCUT2D eigenvalue weighted by Gasteiger charge is 2.28. The van der Waals surface area contributed by atoms with Gasteiger partial charge in [0.25, 0.3) is 5.91 Å². The lowest BCUT2D eigenvalue weighted by Crippen LogP contribution is -2.52. The van der Waals surface area contributed by atoms with Crippen molar-refractivity contribution in [2.24, 2.45) is 5.73 Å². The van der Waals surface area contributed by atoms with Crippen LogP contribution in [0.4, 0.5) is 0 Å². The van der Waals surface area contributed by atoms with Gasteiger partial charge in [-0.05, 0) is 32.0 Å². The van der Waals surface area contributed by atoms with Gasteiger partial charge >= 0.3 is 0 Å². The van der Waals surface area contributed by atoms with Crippen LogP contribution in [0.5, 0.6) is 5.75 Å². The number of nitrogens with one attached hydrogen (secondary N) is 1. The van der Waals surface area contributed by atoms with Crippen LogP contribution in [0.2, 0.25) is 0 Å². The Morgan fingerprint density at radius 3 is 3.00 bits per heavy atom. The van der Waals surface area contributed by atoms with Crippen molar-refractivity contribution in [1.82, 2.24) is 5.32 Å². The van der Waals surface area contributed by atoms with Crippen LogP contribution in [-0.2, 0) is 4.74 Å². The molecule has 2 rings (SSSR count). The molecule has 3 N–H and O–H groups in total. The Morgan fingerprint density at radius 1 is 1.60 bits per heavy atom. The number of ether oxygens (including phenoxy) is 2. The van der Waals surface area contributed by atoms with E-state index < -0.39 is 5.91 Å². The third-order valence-corrected chi connectivity index (χ3v) is 3.53. The number of benzene rings is 1. The fourth-order valence-corrected chi connectivity index (χ4v) is 2.53. The molecule has 0 aromatic heterocycles. The van der Waals surface area contributed by atoms with Crippen molar-refractivity contribution < 1.29 is 14.3 Å². The zero-order valence-electron chi connectivity index (χ0n) is 11.6. The van der Waals surface area contributed by atoms with Crippen LogP contribution in [0.15, 0.2) is 22.7 Å². The van der Waals surface area contributed by atoms with Crippen LogP contribution >= 0.6 is 15.9 Å². The van der Waals surface area contributed by atoms with Crippen LogP contribution in [-0.4, -0.2) is 37.3 Å². The lowest BCUT2D eigenvalue weighted by atomic mass is 10.1. The Morgan fingerprint density at radius 2 is 2.35 bits per heavy atom. The first kappa shape index (κ1) is 15.3. The van der Waals surface area contributed by atoms with E-state index in [9.17, 15) is 4.79 Å². The van der Waals surface area contributed by atoms with E-state index in [4.69, 9.17) is 15.2 Å². The van der Waals surface area contributed by atoms with Gasteiger partial charge in [-0.1, -0.05) is 15.9 Å². The van der Waals surface area contributed by atoms with Gasteiger partial charge < -0.3 is 20.5 Å². The SMILES string of the molecule is CC1(C)CNCC(COc2ccc(Br)cc2C(N)=O)O1. The number of hydrogen-bond acceptors (Lipinski definition) is 4. The highest BCUT2D eigenvalue weighted by atomic mass is 79.9. The molecule has 1 heterocycles. The van der Waals surface area contributed by atoms with E-state index in [0.29, 0.717) is 17.9 Å². The summed E-state index contributed by atoms with van der Waals surface area (Å²) in [4.78, 5) is 11.4. The van der Waals surface area contributed by atoms with E-state index in [1.165, 1.54) is 0 Å². The first-order valence-electron chi connectivity index (χ1n) is 6.48. The molecule has 1 saturated heterocycles. The second-order valence-electron chi connectivity index (χ2n) is 5.45. The molecule has 1 aliphatic heterocycles. The Bertz CT molecular complexity index is 505. The fourth-order valence-electron chi connectivity index (χ4n) is 2.17. The minimum atomic E-state index is -0.510. The summed E-state index contributed by atoms with van der Waals surface area (Å²) in [6.45, 7) is 5.97. The van der Waals surface area contributed by atoms with Gasteiger partial charge in [-0.2, -0.15) is 0 Å². The topological polar surface area (TPSA) is 73.6 Å². The number of hydrogen-bond donors (Lipinski definition) is 2. The van der Waals surface area contributed by atoms with E-state index in [1.807, 2.05) is 19.9 Å². The molecule has 1 aromatic carbocycles. The van der Waals surface area contributed by atoms with Crippen molar-refractivity contribution in [2.75, 3.05) is 19.7 Å². The predicted molar refractivity (Wildman–Crippen MR) is 80.0 cm³/mol. The van der Waals surface area contributed by atoms with Gasteiger partial charge in [0.05, 0.1) is 11.2 Å². The summed E-state index contributed by atoms with van der Waals surface area (Å²) < 4.78 is 12.4. The summed E-state index contributed by atoms with van der Waals surface area (Å²) in [5.41, 5.74) is 5.51. The molecule has 0 saturated carbocycles. The third-order valence-electron chi connectivity index (χ3n) is 3.04. The third kappa shape index (κ3) is 3.94. The van der Waals surface area contributed by atoms with Gasteiger partial charge in [-0.15, -0.1) is 0 Å². The van der Waals surface area contributed by atoms with Gasteiger partial charge in [-0.3, -0.25) is 4.79 Å². The van der Waals surface area contributed by atoms with Crippen LogP contribution in [0, 0.1) is 0 Å². The highest BCUT2D eigenvalue weighted by molar-refractivity contribution is 9.10. The second kappa shape index (κ2) is 6.11. The molecule has 5 nitrogen and oxygen atoms in total. The number of halogens is 1. The standard InChI is InChI=1S/C14H19BrN2O3/c1-14(2)8-17-6-10(20-14)7-19-12-4-3-9(15)5-11(12)13(16)18/h3-5,10,17H,6-8H2,1-2H3,(H2,16,18). The van der Waals surface area contributed by atoms with E-state index >= 15 is 0 Å². The largest absolute Gasteiger partial charge is 0.490 e. The summed E-state index contributed by atoms with van der Waals surface area (Å²) >= 11 is 3.31. The molecule has 0 radical (unpaired) electrons. The van der Waals surface area contributed by atoms with Crippen LogP contribution in [0.3, 0.4) is 0 Å². The number of carbonyl (C=O) groups excluding carboxylic acids is 1. The molecule has 1 unspecified atom stereocenters. The number of primary amides is 1. The summed E-state index contributed by atoms with van der Waals surface area (Å²) in [5.74, 6) is -0.0306. The van der Waals surface area contributed by atoms with E-state index in [-0.39, 0.29) is 11.7 Å². The molecule has 6 heteroatoms. The fraction of sp³-hybridized carbons (Fsp3) is 0.500. The molecular weight excluding hydrogens is 324 g/mol. The van der Waals surface area contributed by atoms with Gasteiger partial charge in [0.2, 0.25) is 0 Å². The molecule has 110 valence electrons. The van der Waals surface area contributed by atoms with Crippen LogP contribution in [0.1, 0.15) is 24.2 Å². The molecular formula is C14H19BrN2O3. The van der Waals surface area contributed by atoms with Gasteiger partial charge in [0, 0.05) is 17.6 Å². The lowest BCUT2D eigenvalue weighted by Gasteiger charge is -2.36. The zero-order valence-corrected chi connectivity index (χ0v) is 13.2.